The van der Waals surface area contributed by atoms with E-state index in [1.54, 1.807) is 30.1 Å². The maximum atomic E-state index is 14.0. The fraction of sp³-hybridized carbons (Fsp3) is 0.190. The summed E-state index contributed by atoms with van der Waals surface area (Å²) in [6.45, 7) is 2.09. The molecule has 1 atom stereocenters. The maximum Gasteiger partial charge on any atom is 0.282 e. The molecule has 0 aliphatic heterocycles. The second-order valence-electron chi connectivity index (χ2n) is 7.30. The van der Waals surface area contributed by atoms with Gasteiger partial charge < -0.3 is 5.32 Å². The van der Waals surface area contributed by atoms with Crippen LogP contribution in [-0.4, -0.2) is 37.4 Å². The number of rotatable bonds is 6. The Labute approximate surface area is 191 Å². The summed E-state index contributed by atoms with van der Waals surface area (Å²) < 4.78 is 28.9. The minimum absolute atomic E-state index is 0.0521. The zero-order chi connectivity index (χ0) is 22.9. The second-order valence-corrected chi connectivity index (χ2v) is 8.66. The predicted octanol–water partition coefficient (Wildman–Crippen LogP) is 4.00. The van der Waals surface area contributed by atoms with E-state index in [1.165, 1.54) is 6.07 Å². The van der Waals surface area contributed by atoms with Gasteiger partial charge in [-0.3, -0.25) is 9.48 Å². The first-order valence-corrected chi connectivity index (χ1v) is 10.6. The van der Waals surface area contributed by atoms with Crippen molar-refractivity contribution in [1.29, 1.82) is 0 Å². The summed E-state index contributed by atoms with van der Waals surface area (Å²) in [5.41, 5.74) is 0.836. The largest absolute Gasteiger partial charge is 0.349 e. The van der Waals surface area contributed by atoms with Gasteiger partial charge in [0.1, 0.15) is 16.8 Å². The summed E-state index contributed by atoms with van der Waals surface area (Å²) in [4.78, 5) is 17.2. The van der Waals surface area contributed by atoms with Gasteiger partial charge in [0, 0.05) is 37.0 Å². The summed E-state index contributed by atoms with van der Waals surface area (Å²) in [5.74, 6) is -1.95. The number of nitrogens with one attached hydrogen (secondary N) is 1. The van der Waals surface area contributed by atoms with Crippen LogP contribution in [0.15, 0.2) is 48.8 Å². The predicted molar refractivity (Wildman–Crippen MR) is 117 cm³/mol. The number of carbonyl (C=O) groups is 1. The van der Waals surface area contributed by atoms with E-state index < -0.39 is 23.0 Å². The Hall–Kier alpha value is -3.24. The summed E-state index contributed by atoms with van der Waals surface area (Å²) in [6.07, 6.45) is 3.55. The van der Waals surface area contributed by atoms with E-state index in [2.05, 4.69) is 25.6 Å². The molecule has 11 heteroatoms. The molecule has 0 saturated carbocycles. The monoisotopic (exact) mass is 474 g/mol. The number of pyridine rings is 1. The Morgan fingerprint density at radius 1 is 1.25 bits per heavy atom. The van der Waals surface area contributed by atoms with Gasteiger partial charge >= 0.3 is 0 Å². The molecule has 0 aliphatic carbocycles. The van der Waals surface area contributed by atoms with Crippen molar-refractivity contribution >= 4 is 28.8 Å². The Morgan fingerprint density at radius 3 is 2.75 bits per heavy atom. The number of carbonyl (C=O) groups excluding carboxylic acids is 1. The highest BCUT2D eigenvalue weighted by molar-refractivity contribution is 7.16. The van der Waals surface area contributed by atoms with E-state index in [9.17, 15) is 13.6 Å². The lowest BCUT2D eigenvalue weighted by molar-refractivity contribution is 0.0946. The van der Waals surface area contributed by atoms with Crippen molar-refractivity contribution in [2.75, 3.05) is 6.54 Å². The molecule has 1 aromatic carbocycles. The lowest BCUT2D eigenvalue weighted by Gasteiger charge is -2.28. The first kappa shape index (κ1) is 22.0. The standard InChI is InChI=1S/C21H17ClF2N6OS/c1-21(12-9-26-30(2)10-12,16-4-3-5-17(22)27-16)11-25-18(31)20-29-28-19(32-20)14-7-6-13(23)8-15(14)24/h3-10H,11H2,1-2H3,(H,25,31)/t21-/m0/s1. The summed E-state index contributed by atoms with van der Waals surface area (Å²) in [7, 11) is 1.80. The third-order valence-electron chi connectivity index (χ3n) is 5.01. The molecule has 0 radical (unpaired) electrons. The number of amides is 1. The number of benzene rings is 1. The van der Waals surface area contributed by atoms with Gasteiger partial charge in [-0.25, -0.2) is 13.8 Å². The van der Waals surface area contributed by atoms with Crippen molar-refractivity contribution in [2.45, 2.75) is 12.3 Å². The lowest BCUT2D eigenvalue weighted by atomic mass is 9.80. The Balaban J connectivity index is 1.58. The zero-order valence-electron chi connectivity index (χ0n) is 17.0. The number of nitrogens with zero attached hydrogens (tertiary/aromatic N) is 5. The lowest BCUT2D eigenvalue weighted by Crippen LogP contribution is -2.40. The fourth-order valence-electron chi connectivity index (χ4n) is 3.18. The van der Waals surface area contributed by atoms with Crippen LogP contribution < -0.4 is 5.32 Å². The van der Waals surface area contributed by atoms with Gasteiger partial charge in [0.15, 0.2) is 5.01 Å². The van der Waals surface area contributed by atoms with Crippen molar-refractivity contribution < 1.29 is 13.6 Å². The molecule has 0 spiro atoms. The van der Waals surface area contributed by atoms with Gasteiger partial charge in [-0.1, -0.05) is 29.0 Å². The molecule has 0 aliphatic rings. The molecule has 3 heterocycles. The average molecular weight is 475 g/mol. The smallest absolute Gasteiger partial charge is 0.282 e. The molecular formula is C21H17ClF2N6OS. The minimum atomic E-state index is -0.774. The fourth-order valence-corrected chi connectivity index (χ4v) is 4.13. The molecular weight excluding hydrogens is 458 g/mol. The molecule has 0 saturated heterocycles. The van der Waals surface area contributed by atoms with E-state index in [-0.39, 0.29) is 22.1 Å². The maximum absolute atomic E-state index is 14.0. The Morgan fingerprint density at radius 2 is 2.06 bits per heavy atom. The van der Waals surface area contributed by atoms with Gasteiger partial charge in [0.2, 0.25) is 5.01 Å². The summed E-state index contributed by atoms with van der Waals surface area (Å²) >= 11 is 7.01. The van der Waals surface area contributed by atoms with Crippen molar-refractivity contribution in [1.82, 2.24) is 30.3 Å². The van der Waals surface area contributed by atoms with Crippen LogP contribution >= 0.6 is 22.9 Å². The highest BCUT2D eigenvalue weighted by Crippen LogP contribution is 2.31. The van der Waals surface area contributed by atoms with Crippen molar-refractivity contribution in [3.63, 3.8) is 0 Å². The summed E-state index contributed by atoms with van der Waals surface area (Å²) in [5, 5.41) is 15.4. The normalized spacial score (nSPS) is 13.0. The van der Waals surface area contributed by atoms with E-state index in [1.807, 2.05) is 19.2 Å². The van der Waals surface area contributed by atoms with Crippen LogP contribution in [0.25, 0.3) is 10.6 Å². The first-order valence-electron chi connectivity index (χ1n) is 9.45. The van der Waals surface area contributed by atoms with Gasteiger partial charge in [0.05, 0.1) is 17.3 Å². The van der Waals surface area contributed by atoms with Crippen LogP contribution in [0.4, 0.5) is 8.78 Å². The van der Waals surface area contributed by atoms with Crippen LogP contribution in [-0.2, 0) is 12.5 Å². The van der Waals surface area contributed by atoms with E-state index >= 15 is 0 Å². The molecule has 4 rings (SSSR count). The van der Waals surface area contributed by atoms with Crippen LogP contribution in [0, 0.1) is 11.6 Å². The molecule has 7 nitrogen and oxygen atoms in total. The molecule has 0 bridgehead atoms. The van der Waals surface area contributed by atoms with Crippen molar-refractivity contribution in [3.05, 3.63) is 81.8 Å². The van der Waals surface area contributed by atoms with Crippen LogP contribution in [0.2, 0.25) is 5.15 Å². The third kappa shape index (κ3) is 4.37. The molecule has 32 heavy (non-hydrogen) atoms. The molecule has 1 N–H and O–H groups in total. The van der Waals surface area contributed by atoms with Crippen molar-refractivity contribution in [2.24, 2.45) is 7.05 Å². The van der Waals surface area contributed by atoms with Crippen LogP contribution in [0.1, 0.15) is 28.0 Å². The Bertz CT molecular complexity index is 1290. The molecule has 0 unspecified atom stereocenters. The second kappa shape index (κ2) is 8.71. The number of aromatic nitrogens is 5. The topological polar surface area (TPSA) is 85.6 Å². The highest BCUT2D eigenvalue weighted by Gasteiger charge is 2.33. The molecule has 4 aromatic rings. The van der Waals surface area contributed by atoms with Crippen LogP contribution in [0.3, 0.4) is 0 Å². The molecule has 164 valence electrons. The number of aryl methyl sites for hydroxylation is 1. The minimum Gasteiger partial charge on any atom is -0.349 e. The van der Waals surface area contributed by atoms with Gasteiger partial charge in [0.25, 0.3) is 5.91 Å². The van der Waals surface area contributed by atoms with Crippen molar-refractivity contribution in [3.8, 4) is 10.6 Å². The van der Waals surface area contributed by atoms with E-state index in [0.29, 0.717) is 10.8 Å². The van der Waals surface area contributed by atoms with Gasteiger partial charge in [-0.05, 0) is 31.2 Å². The number of hydrogen-bond donors (Lipinski definition) is 1. The van der Waals surface area contributed by atoms with Crippen LogP contribution in [0.5, 0.6) is 0 Å². The van der Waals surface area contributed by atoms with Gasteiger partial charge in [-0.2, -0.15) is 5.10 Å². The first-order chi connectivity index (χ1) is 15.3. The zero-order valence-corrected chi connectivity index (χ0v) is 18.6. The van der Waals surface area contributed by atoms with Gasteiger partial charge in [-0.15, -0.1) is 10.2 Å². The number of hydrogen-bond acceptors (Lipinski definition) is 6. The third-order valence-corrected chi connectivity index (χ3v) is 6.17. The highest BCUT2D eigenvalue weighted by atomic mass is 35.5. The van der Waals surface area contributed by atoms with E-state index in [0.717, 1.165) is 29.0 Å². The molecule has 3 aromatic heterocycles. The molecule has 0 fully saturated rings. The number of halogens is 3. The molecule has 1 amide bonds. The summed E-state index contributed by atoms with van der Waals surface area (Å²) in [6, 6.07) is 8.42. The Kier molecular flexibility index (Phi) is 5.98. The van der Waals surface area contributed by atoms with E-state index in [4.69, 9.17) is 11.6 Å². The SMILES string of the molecule is Cn1cc([C@](C)(CNC(=O)c2nnc(-c3ccc(F)cc3F)s2)c2cccc(Cl)n2)cn1. The average Bonchev–Trinajstić information content (AvgIpc) is 3.41. The quantitative estimate of drug-likeness (QED) is 0.427.